The number of hydrogen-bond acceptors (Lipinski definition) is 4. The fraction of sp³-hybridized carbons (Fsp3) is 0.0667. The third kappa shape index (κ3) is 12.2. The van der Waals surface area contributed by atoms with E-state index in [1.54, 1.807) is 0 Å². The summed E-state index contributed by atoms with van der Waals surface area (Å²) in [6.07, 6.45) is 0. The van der Waals surface area contributed by atoms with Crippen LogP contribution in [0.4, 0.5) is 0 Å². The summed E-state index contributed by atoms with van der Waals surface area (Å²) in [7, 11) is -1.42. The molecule has 21 aromatic rings. The van der Waals surface area contributed by atoms with E-state index in [1.165, 1.54) is 104 Å². The summed E-state index contributed by atoms with van der Waals surface area (Å²) in [5.74, 6) is 1.36. The Morgan fingerprint density at radius 3 is 0.982 bits per heavy atom. The van der Waals surface area contributed by atoms with Crippen LogP contribution in [-0.2, 0) is 5.41 Å². The number of aromatic nitrogens is 8. The van der Waals surface area contributed by atoms with Crippen molar-refractivity contribution in [1.29, 1.82) is 0 Å². The van der Waals surface area contributed by atoms with Gasteiger partial charge in [0.25, 0.3) is 0 Å². The highest BCUT2D eigenvalue weighted by atomic mass is 28.3. The number of benzene rings is 15. The summed E-state index contributed by atoms with van der Waals surface area (Å²) >= 11 is 0. The Labute approximate surface area is 663 Å². The minimum Gasteiger partial charge on any atom is -0.309 e. The van der Waals surface area contributed by atoms with Gasteiger partial charge >= 0.3 is 0 Å². The van der Waals surface area contributed by atoms with Gasteiger partial charge in [0, 0.05) is 88.0 Å². The van der Waals surface area contributed by atoms with Gasteiger partial charge < -0.3 is 13.7 Å². The molecule has 0 atom stereocenters. The molecule has 21 rings (SSSR count). The van der Waals surface area contributed by atoms with Crippen LogP contribution >= 0.6 is 0 Å². The van der Waals surface area contributed by atoms with Crippen LogP contribution in [0.25, 0.3) is 189 Å². The molecule has 0 saturated heterocycles. The highest BCUT2D eigenvalue weighted by molar-refractivity contribution is 6.88. The molecule has 0 N–H and O–H groups in total. The number of nitrogens with zero attached hydrogens (tertiary/aromatic N) is 8. The van der Waals surface area contributed by atoms with Crippen LogP contribution in [0.3, 0.4) is 0 Å². The Balaban J connectivity index is 0.000000149. The summed E-state index contributed by atoms with van der Waals surface area (Å²) in [5, 5.41) is 11.3. The first-order valence-corrected chi connectivity index (χ1v) is 42.8. The molecule has 0 saturated carbocycles. The van der Waals surface area contributed by atoms with Gasteiger partial charge in [-0.25, -0.2) is 19.9 Å². The number of fused-ring (bicyclic) bond motifs is 12. The van der Waals surface area contributed by atoms with E-state index in [1.807, 2.05) is 36.4 Å². The monoisotopic (exact) mass is 1480 g/mol. The van der Waals surface area contributed by atoms with Gasteiger partial charge in [-0.15, -0.1) is 0 Å². The number of para-hydroxylation sites is 4. The van der Waals surface area contributed by atoms with Crippen LogP contribution in [0.2, 0.25) is 19.6 Å². The first kappa shape index (κ1) is 69.1. The molecule has 0 aliphatic carbocycles. The Bertz CT molecular complexity index is 7130. The quantitative estimate of drug-likeness (QED) is 0.114. The van der Waals surface area contributed by atoms with E-state index >= 15 is 0 Å². The second kappa shape index (κ2) is 28.0. The Kier molecular flexibility index (Phi) is 17.0. The van der Waals surface area contributed by atoms with Gasteiger partial charge in [-0.2, -0.15) is 0 Å². The average Bonchev–Trinajstić information content (AvgIpc) is 1.58. The third-order valence-corrected chi connectivity index (χ3v) is 24.7. The van der Waals surface area contributed by atoms with E-state index in [2.05, 4.69) is 398 Å². The van der Waals surface area contributed by atoms with Crippen LogP contribution in [0, 0.1) is 0 Å². The van der Waals surface area contributed by atoms with E-state index in [9.17, 15) is 0 Å². The van der Waals surface area contributed by atoms with Gasteiger partial charge in [-0.3, -0.25) is 4.57 Å². The molecular weight excluding hydrogens is 1400 g/mol. The lowest BCUT2D eigenvalue weighted by Gasteiger charge is -2.19. The van der Waals surface area contributed by atoms with Crippen molar-refractivity contribution in [2.45, 2.75) is 45.8 Å². The first-order valence-electron chi connectivity index (χ1n) is 39.3. The minimum atomic E-state index is -1.42. The molecule has 9 heteroatoms. The molecule has 6 aromatic heterocycles. The van der Waals surface area contributed by atoms with Crippen LogP contribution in [0.5, 0.6) is 0 Å². The van der Waals surface area contributed by atoms with E-state index in [0.29, 0.717) is 11.8 Å². The maximum Gasteiger partial charge on any atom is 0.235 e. The summed E-state index contributed by atoms with van der Waals surface area (Å²) in [4.78, 5) is 20.5. The maximum absolute atomic E-state index is 5.23. The van der Waals surface area contributed by atoms with Gasteiger partial charge in [0.2, 0.25) is 5.95 Å². The fourth-order valence-electron chi connectivity index (χ4n) is 17.0. The van der Waals surface area contributed by atoms with Crippen molar-refractivity contribution < 1.29 is 0 Å². The second-order valence-corrected chi connectivity index (χ2v) is 36.9. The third-order valence-electron chi connectivity index (χ3n) is 22.6. The predicted molar refractivity (Wildman–Crippen MR) is 481 cm³/mol. The van der Waals surface area contributed by atoms with Crippen molar-refractivity contribution in [3.8, 4) is 102 Å². The summed E-state index contributed by atoms with van der Waals surface area (Å²) < 4.78 is 9.45. The zero-order valence-electron chi connectivity index (χ0n) is 64.4. The molecule has 0 radical (unpaired) electrons. The number of hydrogen-bond donors (Lipinski definition) is 0. The van der Waals surface area contributed by atoms with Crippen LogP contribution in [0.1, 0.15) is 26.3 Å². The van der Waals surface area contributed by atoms with E-state index in [0.717, 1.165) is 83.8 Å². The lowest BCUT2D eigenvalue weighted by atomic mass is 9.87. The van der Waals surface area contributed by atoms with Gasteiger partial charge in [-0.1, -0.05) is 313 Å². The van der Waals surface area contributed by atoms with Crippen LogP contribution in [-0.4, -0.2) is 46.3 Å². The van der Waals surface area contributed by atoms with Crippen LogP contribution in [0.15, 0.2) is 376 Å². The Morgan fingerprint density at radius 1 is 0.237 bits per heavy atom. The SMILES string of the molecule is CC(C)(C)c1ccc(-n2c3ccccc3c3c(-c4ccc5c(c4)c4ccccc4n5-c4nc(-c5ccccc5)cc(-c5ccccc5)n4)cccc32)cc1.C[Si](C)(C)c1ccc(-n2c3ccccc3c3c(-c4ccc5c(c4)c4ccccc4n5-c4ccc(-c5cc(-c6ccccc6)nc(-c6ccccc6)n5)cc4)cccc32)cc1. The molecule has 0 spiro atoms. The molecule has 0 fully saturated rings. The average molecular weight is 1480 g/mol. The molecule has 544 valence electrons. The molecule has 0 unspecified atom stereocenters. The zero-order valence-corrected chi connectivity index (χ0v) is 65.4. The standard InChI is InChI=1S/C55H42N4Si.C50H38N4/c1-60(2,3)43-32-30-42(31-33-43)59-51-23-13-11-20-46(51)54-44(21-14-24-53(54)59)40-27-34-52-47(35-40)45-19-10-12-22-50(45)58(52)41-28-25-38(26-29-41)49-36-48(37-15-6-4-7-16-37)56-55(57-49)39-17-8-5-9-18-39;1-50(2,3)36-26-28-37(29-27-36)53-45-23-13-11-20-40(45)48-38(21-14-24-47(48)53)35-25-30-46-41(31-35)39-19-10-12-22-44(39)54(46)49-51-42(33-15-6-4-7-16-33)32-43(52-49)34-17-8-5-9-18-34/h4-36H,1-3H3;4-32H,1-3H3. The maximum atomic E-state index is 5.23. The molecule has 0 amide bonds. The van der Waals surface area contributed by atoms with Gasteiger partial charge in [0.1, 0.15) is 0 Å². The highest BCUT2D eigenvalue weighted by Crippen LogP contribution is 2.45. The van der Waals surface area contributed by atoms with Crippen LogP contribution < -0.4 is 5.19 Å². The second-order valence-electron chi connectivity index (χ2n) is 31.8. The van der Waals surface area contributed by atoms with Crippen molar-refractivity contribution >= 4 is 100 Å². The molecule has 0 aliphatic rings. The largest absolute Gasteiger partial charge is 0.309 e. The normalized spacial score (nSPS) is 11.9. The van der Waals surface area contributed by atoms with E-state index in [4.69, 9.17) is 19.9 Å². The van der Waals surface area contributed by atoms with Crippen molar-refractivity contribution in [3.63, 3.8) is 0 Å². The minimum absolute atomic E-state index is 0.0926. The molecule has 0 aliphatic heterocycles. The molecule has 8 nitrogen and oxygen atoms in total. The predicted octanol–water partition coefficient (Wildman–Crippen LogP) is 26.9. The Hall–Kier alpha value is -14.1. The molecule has 114 heavy (non-hydrogen) atoms. The van der Waals surface area contributed by atoms with Gasteiger partial charge in [0.05, 0.1) is 75.0 Å². The lowest BCUT2D eigenvalue weighted by Crippen LogP contribution is -2.37. The lowest BCUT2D eigenvalue weighted by molar-refractivity contribution is 0.590. The summed E-state index contributed by atoms with van der Waals surface area (Å²) in [5.41, 5.74) is 27.8. The van der Waals surface area contributed by atoms with E-state index < -0.39 is 8.07 Å². The molecular formula is C105H80N8Si. The summed E-state index contributed by atoms with van der Waals surface area (Å²) in [6.45, 7) is 14.0. The Morgan fingerprint density at radius 2 is 0.553 bits per heavy atom. The van der Waals surface area contributed by atoms with Crippen molar-refractivity contribution in [3.05, 3.63) is 382 Å². The summed E-state index contributed by atoms with van der Waals surface area (Å²) in [6, 6.07) is 135. The topological polar surface area (TPSA) is 71.3 Å². The molecule has 6 heterocycles. The number of rotatable bonds is 12. The van der Waals surface area contributed by atoms with Gasteiger partial charge in [0.15, 0.2) is 5.82 Å². The van der Waals surface area contributed by atoms with Crippen molar-refractivity contribution in [1.82, 2.24) is 38.2 Å². The van der Waals surface area contributed by atoms with Gasteiger partial charge in [-0.05, 0) is 142 Å². The molecule has 0 bridgehead atoms. The molecule has 15 aromatic carbocycles. The van der Waals surface area contributed by atoms with E-state index in [-0.39, 0.29) is 5.41 Å². The first-order chi connectivity index (χ1) is 55.8. The zero-order chi connectivity index (χ0) is 76.8. The van der Waals surface area contributed by atoms with Crippen molar-refractivity contribution in [2.75, 3.05) is 0 Å². The fourth-order valence-corrected chi connectivity index (χ4v) is 18.1. The smallest absolute Gasteiger partial charge is 0.235 e. The van der Waals surface area contributed by atoms with Crippen molar-refractivity contribution in [2.24, 2.45) is 0 Å². The highest BCUT2D eigenvalue weighted by Gasteiger charge is 2.25.